The normalized spacial score (nSPS) is 11.4. The van der Waals surface area contributed by atoms with Crippen LogP contribution in [0, 0.1) is 0 Å². The van der Waals surface area contributed by atoms with Gasteiger partial charge in [0.25, 0.3) is 10.0 Å². The minimum atomic E-state index is -4.05. The summed E-state index contributed by atoms with van der Waals surface area (Å²) in [6.45, 7) is 0. The van der Waals surface area contributed by atoms with Gasteiger partial charge in [0.15, 0.2) is 10.2 Å². The van der Waals surface area contributed by atoms with E-state index in [0.717, 1.165) is 17.5 Å². The summed E-state index contributed by atoms with van der Waals surface area (Å²) in [5, 5.41) is 14.0. The first kappa shape index (κ1) is 13.0. The lowest BCUT2D eigenvalue weighted by Crippen LogP contribution is -2.16. The van der Waals surface area contributed by atoms with Gasteiger partial charge in [-0.2, -0.15) is 13.5 Å². The third kappa shape index (κ3) is 2.52. The van der Waals surface area contributed by atoms with Crippen molar-refractivity contribution in [3.8, 4) is 0 Å². The van der Waals surface area contributed by atoms with Crippen molar-refractivity contribution >= 4 is 48.4 Å². The molecule has 0 aliphatic carbocycles. The van der Waals surface area contributed by atoms with E-state index in [4.69, 9.17) is 5.11 Å². The summed E-state index contributed by atoms with van der Waals surface area (Å²) in [6.07, 6.45) is 2.35. The number of hydrogen-bond acceptors (Lipinski definition) is 6. The summed E-state index contributed by atoms with van der Waals surface area (Å²) >= 11 is 4.19. The minimum absolute atomic E-state index is 0.118. The molecule has 18 heavy (non-hydrogen) atoms. The van der Waals surface area contributed by atoms with E-state index in [9.17, 15) is 13.2 Å². The Morgan fingerprint density at radius 1 is 1.50 bits per heavy atom. The summed E-state index contributed by atoms with van der Waals surface area (Å²) in [5.41, 5.74) is -0.432. The highest BCUT2D eigenvalue weighted by atomic mass is 79.9. The van der Waals surface area contributed by atoms with Crippen LogP contribution < -0.4 is 4.72 Å². The summed E-state index contributed by atoms with van der Waals surface area (Å²) < 4.78 is 26.6. The fraction of sp³-hybridized carbons (Fsp3) is 0. The maximum Gasteiger partial charge on any atom is 0.340 e. The van der Waals surface area contributed by atoms with Crippen LogP contribution in [-0.2, 0) is 10.0 Å². The molecule has 96 valence electrons. The molecule has 2 aromatic rings. The molecule has 0 aromatic carbocycles. The highest BCUT2D eigenvalue weighted by Gasteiger charge is 2.25. The monoisotopic (exact) mass is 352 g/mol. The predicted octanol–water partition coefficient (Wildman–Crippen LogP) is 1.13. The first-order valence-electron chi connectivity index (χ1n) is 4.31. The number of aromatic nitrogens is 3. The van der Waals surface area contributed by atoms with Gasteiger partial charge in [-0.05, 0) is 15.9 Å². The Kier molecular flexibility index (Phi) is 3.36. The number of anilines is 1. The number of H-pyrrole nitrogens is 1. The third-order valence-electron chi connectivity index (χ3n) is 1.80. The Balaban J connectivity index is 2.37. The van der Waals surface area contributed by atoms with Gasteiger partial charge in [-0.3, -0.25) is 9.82 Å². The van der Waals surface area contributed by atoms with E-state index in [1.54, 1.807) is 0 Å². The molecule has 0 saturated carbocycles. The average Bonchev–Trinajstić information content (AvgIpc) is 2.86. The van der Waals surface area contributed by atoms with Crippen LogP contribution in [0.1, 0.15) is 10.4 Å². The summed E-state index contributed by atoms with van der Waals surface area (Å²) in [4.78, 5) is 14.6. The van der Waals surface area contributed by atoms with Gasteiger partial charge in [-0.25, -0.2) is 9.78 Å². The van der Waals surface area contributed by atoms with Crippen LogP contribution in [0.4, 0.5) is 5.13 Å². The molecule has 0 unspecified atom stereocenters. The summed E-state index contributed by atoms with van der Waals surface area (Å²) in [6, 6.07) is 0. The standard InChI is InChI=1S/C7H5BrN4O4S2/c8-4-2-9-7(17-4)12-18(15,16)5-3(6(13)14)1-10-11-5/h1-2H,(H,9,12)(H,10,11)(H,13,14). The van der Waals surface area contributed by atoms with Crippen molar-refractivity contribution in [3.05, 3.63) is 21.7 Å². The van der Waals surface area contributed by atoms with Gasteiger partial charge in [0, 0.05) is 0 Å². The quantitative estimate of drug-likeness (QED) is 0.757. The lowest BCUT2D eigenvalue weighted by atomic mass is 10.4. The highest BCUT2D eigenvalue weighted by Crippen LogP contribution is 2.25. The molecule has 0 bridgehead atoms. The molecule has 2 heterocycles. The van der Waals surface area contributed by atoms with Gasteiger partial charge in [0.05, 0.1) is 16.2 Å². The van der Waals surface area contributed by atoms with Crippen molar-refractivity contribution in [2.24, 2.45) is 0 Å². The minimum Gasteiger partial charge on any atom is -0.478 e. The molecule has 3 N–H and O–H groups in total. The number of carboxylic acids is 1. The zero-order valence-electron chi connectivity index (χ0n) is 8.42. The number of halogens is 1. The second-order valence-electron chi connectivity index (χ2n) is 2.99. The van der Waals surface area contributed by atoms with E-state index in [-0.39, 0.29) is 5.13 Å². The number of sulfonamides is 1. The molecule has 2 aromatic heterocycles. The smallest absolute Gasteiger partial charge is 0.340 e. The molecular formula is C7H5BrN4O4S2. The molecule has 0 amide bonds. The van der Waals surface area contributed by atoms with Crippen LogP contribution in [-0.4, -0.2) is 34.7 Å². The SMILES string of the molecule is O=C(O)c1cn[nH]c1S(=O)(=O)Nc1ncc(Br)s1. The van der Waals surface area contributed by atoms with E-state index >= 15 is 0 Å². The van der Waals surface area contributed by atoms with Crippen LogP contribution in [0.5, 0.6) is 0 Å². The second kappa shape index (κ2) is 4.66. The van der Waals surface area contributed by atoms with Gasteiger partial charge in [-0.1, -0.05) is 11.3 Å². The molecule has 8 nitrogen and oxygen atoms in total. The van der Waals surface area contributed by atoms with Gasteiger partial charge in [0.2, 0.25) is 0 Å². The molecule has 0 aliphatic rings. The Morgan fingerprint density at radius 3 is 2.78 bits per heavy atom. The number of carboxylic acid groups (broad SMARTS) is 1. The maximum atomic E-state index is 11.9. The van der Waals surface area contributed by atoms with E-state index in [2.05, 4.69) is 35.8 Å². The highest BCUT2D eigenvalue weighted by molar-refractivity contribution is 9.11. The molecule has 11 heteroatoms. The van der Waals surface area contributed by atoms with Crippen LogP contribution in [0.25, 0.3) is 0 Å². The molecule has 2 rings (SSSR count). The van der Waals surface area contributed by atoms with Crippen LogP contribution >= 0.6 is 27.3 Å². The predicted molar refractivity (Wildman–Crippen MR) is 66.2 cm³/mol. The Hall–Kier alpha value is -1.46. The van der Waals surface area contributed by atoms with Crippen LogP contribution in [0.2, 0.25) is 0 Å². The first-order valence-corrected chi connectivity index (χ1v) is 7.40. The Labute approximate surface area is 113 Å². The number of hydrogen-bond donors (Lipinski definition) is 3. The molecular weight excluding hydrogens is 348 g/mol. The summed E-state index contributed by atoms with van der Waals surface area (Å²) in [7, 11) is -4.05. The largest absolute Gasteiger partial charge is 0.478 e. The number of nitrogens with one attached hydrogen (secondary N) is 2. The third-order valence-corrected chi connectivity index (χ3v) is 4.63. The fourth-order valence-electron chi connectivity index (χ4n) is 1.10. The van der Waals surface area contributed by atoms with Crippen molar-refractivity contribution in [2.45, 2.75) is 5.03 Å². The second-order valence-corrected chi connectivity index (χ2v) is 7.02. The van der Waals surface area contributed by atoms with Crippen molar-refractivity contribution in [1.82, 2.24) is 15.2 Å². The summed E-state index contributed by atoms with van der Waals surface area (Å²) in [5.74, 6) is -1.38. The number of rotatable bonds is 4. The number of aromatic carboxylic acids is 1. The van der Waals surface area contributed by atoms with Crippen LogP contribution in [0.15, 0.2) is 21.2 Å². The van der Waals surface area contributed by atoms with Crippen molar-refractivity contribution in [2.75, 3.05) is 4.72 Å². The van der Waals surface area contributed by atoms with Crippen LogP contribution in [0.3, 0.4) is 0 Å². The van der Waals surface area contributed by atoms with Crippen molar-refractivity contribution in [1.29, 1.82) is 0 Å². The number of carbonyl (C=O) groups is 1. The van der Waals surface area contributed by atoms with E-state index in [1.807, 2.05) is 0 Å². The number of nitrogens with zero attached hydrogens (tertiary/aromatic N) is 2. The van der Waals surface area contributed by atoms with E-state index in [0.29, 0.717) is 3.79 Å². The average molecular weight is 353 g/mol. The van der Waals surface area contributed by atoms with E-state index < -0.39 is 26.6 Å². The van der Waals surface area contributed by atoms with Gasteiger partial charge < -0.3 is 5.11 Å². The van der Waals surface area contributed by atoms with Crippen molar-refractivity contribution < 1.29 is 18.3 Å². The van der Waals surface area contributed by atoms with Gasteiger partial charge >= 0.3 is 5.97 Å². The Morgan fingerprint density at radius 2 is 2.22 bits per heavy atom. The lowest BCUT2D eigenvalue weighted by Gasteiger charge is -2.03. The van der Waals surface area contributed by atoms with Gasteiger partial charge in [-0.15, -0.1) is 0 Å². The molecule has 0 saturated heterocycles. The van der Waals surface area contributed by atoms with Gasteiger partial charge in [0.1, 0.15) is 5.56 Å². The van der Waals surface area contributed by atoms with E-state index in [1.165, 1.54) is 6.20 Å². The first-order chi connectivity index (χ1) is 8.40. The zero-order valence-corrected chi connectivity index (χ0v) is 11.6. The molecule has 0 atom stereocenters. The lowest BCUT2D eigenvalue weighted by molar-refractivity contribution is 0.0692. The zero-order chi connectivity index (χ0) is 13.3. The number of thiazole rings is 1. The molecule has 0 spiro atoms. The topological polar surface area (TPSA) is 125 Å². The maximum absolute atomic E-state index is 11.9. The number of aromatic amines is 1. The molecule has 0 fully saturated rings. The molecule has 0 aliphatic heterocycles. The molecule has 0 radical (unpaired) electrons. The fourth-order valence-corrected chi connectivity index (χ4v) is 3.54. The Bertz CT molecular complexity index is 692. The van der Waals surface area contributed by atoms with Crippen molar-refractivity contribution in [3.63, 3.8) is 0 Å².